The summed E-state index contributed by atoms with van der Waals surface area (Å²) >= 11 is 3.64. The van der Waals surface area contributed by atoms with Gasteiger partial charge in [-0.05, 0) is 64.8 Å². The fourth-order valence-corrected chi connectivity index (χ4v) is 3.42. The topological polar surface area (TPSA) is 51.5 Å². The molecular formula is C20H17BrN4O. The molecule has 4 aromatic rings. The Morgan fingerprint density at radius 3 is 2.65 bits per heavy atom. The molecule has 0 atom stereocenters. The molecule has 130 valence electrons. The van der Waals surface area contributed by atoms with Crippen molar-refractivity contribution in [2.45, 2.75) is 6.92 Å². The first-order valence-electron chi connectivity index (χ1n) is 8.15. The molecule has 1 N–H and O–H groups in total. The number of imidazole rings is 1. The van der Waals surface area contributed by atoms with E-state index >= 15 is 0 Å². The third kappa shape index (κ3) is 3.04. The Labute approximate surface area is 159 Å². The van der Waals surface area contributed by atoms with Gasteiger partial charge < -0.3 is 10.1 Å². The van der Waals surface area contributed by atoms with E-state index in [1.54, 1.807) is 19.5 Å². The minimum absolute atomic E-state index is 0.782. The zero-order chi connectivity index (χ0) is 18.1. The zero-order valence-corrected chi connectivity index (χ0v) is 16.0. The summed E-state index contributed by atoms with van der Waals surface area (Å²) in [5, 5.41) is 3.51. The number of nitrogens with one attached hydrogen (secondary N) is 1. The normalized spacial score (nSPS) is 10.9. The van der Waals surface area contributed by atoms with Crippen LogP contribution in [0.1, 0.15) is 5.56 Å². The number of rotatable bonds is 4. The average molecular weight is 409 g/mol. The van der Waals surface area contributed by atoms with Gasteiger partial charge in [-0.1, -0.05) is 6.07 Å². The summed E-state index contributed by atoms with van der Waals surface area (Å²) in [5.74, 6) is 1.70. The molecule has 0 aliphatic carbocycles. The highest BCUT2D eigenvalue weighted by Crippen LogP contribution is 2.34. The highest BCUT2D eigenvalue weighted by Gasteiger charge is 2.15. The molecule has 2 aromatic heterocycles. The number of hydrogen-bond donors (Lipinski definition) is 1. The minimum Gasteiger partial charge on any atom is -0.497 e. The molecule has 0 amide bonds. The summed E-state index contributed by atoms with van der Waals surface area (Å²) in [6.07, 6.45) is 5.41. The van der Waals surface area contributed by atoms with Crippen LogP contribution >= 0.6 is 15.9 Å². The van der Waals surface area contributed by atoms with Gasteiger partial charge in [0.2, 0.25) is 0 Å². The van der Waals surface area contributed by atoms with Gasteiger partial charge in [-0.15, -0.1) is 0 Å². The van der Waals surface area contributed by atoms with Gasteiger partial charge >= 0.3 is 0 Å². The number of fused-ring (bicyclic) bond motifs is 1. The molecule has 0 fully saturated rings. The van der Waals surface area contributed by atoms with Gasteiger partial charge in [0.25, 0.3) is 0 Å². The molecule has 0 saturated carbocycles. The van der Waals surface area contributed by atoms with Gasteiger partial charge in [-0.2, -0.15) is 0 Å². The van der Waals surface area contributed by atoms with Crippen molar-refractivity contribution in [2.24, 2.45) is 0 Å². The Morgan fingerprint density at radius 1 is 1.12 bits per heavy atom. The van der Waals surface area contributed by atoms with Crippen LogP contribution in [0.2, 0.25) is 0 Å². The van der Waals surface area contributed by atoms with Gasteiger partial charge in [-0.3, -0.25) is 9.38 Å². The Bertz CT molecular complexity index is 1070. The predicted molar refractivity (Wildman–Crippen MR) is 107 cm³/mol. The zero-order valence-electron chi connectivity index (χ0n) is 14.4. The number of aryl methyl sites for hydroxylation is 1. The number of halogens is 1. The Balaban J connectivity index is 1.85. The lowest BCUT2D eigenvalue weighted by Gasteiger charge is -2.11. The summed E-state index contributed by atoms with van der Waals surface area (Å²) in [6.45, 7) is 2.07. The number of nitrogens with zero attached hydrogens (tertiary/aromatic N) is 3. The van der Waals surface area contributed by atoms with Crippen LogP contribution in [0.3, 0.4) is 0 Å². The number of aromatic nitrogens is 3. The molecule has 0 spiro atoms. The summed E-state index contributed by atoms with van der Waals surface area (Å²) in [4.78, 5) is 8.95. The van der Waals surface area contributed by atoms with E-state index in [0.717, 1.165) is 38.6 Å². The number of hydrogen-bond acceptors (Lipinski definition) is 4. The van der Waals surface area contributed by atoms with Crippen LogP contribution < -0.4 is 10.1 Å². The average Bonchev–Trinajstić information content (AvgIpc) is 3.02. The Hall–Kier alpha value is -2.86. The first-order valence-corrected chi connectivity index (χ1v) is 8.94. The van der Waals surface area contributed by atoms with Crippen molar-refractivity contribution < 1.29 is 4.74 Å². The molecule has 0 radical (unpaired) electrons. The monoisotopic (exact) mass is 408 g/mol. The molecular weight excluding hydrogens is 392 g/mol. The largest absolute Gasteiger partial charge is 0.497 e. The van der Waals surface area contributed by atoms with Crippen LogP contribution in [0.25, 0.3) is 16.9 Å². The lowest BCUT2D eigenvalue weighted by Crippen LogP contribution is -1.98. The standard InChI is InChI=1S/C20H17BrN4O/c1-13-3-8-17(16(21)11-13)23-20-19(14-4-6-15(26-2)7-5-14)24-18-12-22-9-10-25(18)20/h3-12,23H,1-2H3. The first-order chi connectivity index (χ1) is 12.7. The molecule has 0 saturated heterocycles. The van der Waals surface area contributed by atoms with Gasteiger partial charge in [0.1, 0.15) is 17.3 Å². The smallest absolute Gasteiger partial charge is 0.157 e. The fraction of sp³-hybridized carbons (Fsp3) is 0.100. The number of benzene rings is 2. The van der Waals surface area contributed by atoms with E-state index in [-0.39, 0.29) is 0 Å². The molecule has 0 bridgehead atoms. The maximum Gasteiger partial charge on any atom is 0.157 e. The van der Waals surface area contributed by atoms with Crippen LogP contribution in [0, 0.1) is 6.92 Å². The van der Waals surface area contributed by atoms with Gasteiger partial charge in [0.15, 0.2) is 5.65 Å². The minimum atomic E-state index is 0.782. The van der Waals surface area contributed by atoms with E-state index in [4.69, 9.17) is 9.72 Å². The highest BCUT2D eigenvalue weighted by molar-refractivity contribution is 9.10. The quantitative estimate of drug-likeness (QED) is 0.502. The van der Waals surface area contributed by atoms with E-state index in [2.05, 4.69) is 51.4 Å². The van der Waals surface area contributed by atoms with E-state index in [1.807, 2.05) is 34.9 Å². The van der Waals surface area contributed by atoms with Crippen LogP contribution in [0.5, 0.6) is 5.75 Å². The SMILES string of the molecule is COc1ccc(-c2nc3cnccn3c2Nc2ccc(C)cc2Br)cc1. The van der Waals surface area contributed by atoms with Crippen LogP contribution in [-0.2, 0) is 0 Å². The summed E-state index contributed by atoms with van der Waals surface area (Å²) in [7, 11) is 1.66. The van der Waals surface area contributed by atoms with Gasteiger partial charge in [0, 0.05) is 22.4 Å². The summed E-state index contributed by atoms with van der Waals surface area (Å²) < 4.78 is 8.26. The van der Waals surface area contributed by atoms with E-state index in [1.165, 1.54) is 5.56 Å². The second-order valence-corrected chi connectivity index (χ2v) is 6.80. The molecule has 5 nitrogen and oxygen atoms in total. The second kappa shape index (κ2) is 6.80. The van der Waals surface area contributed by atoms with Crippen molar-refractivity contribution in [1.29, 1.82) is 0 Å². The molecule has 0 aliphatic rings. The highest BCUT2D eigenvalue weighted by atomic mass is 79.9. The second-order valence-electron chi connectivity index (χ2n) is 5.95. The fourth-order valence-electron chi connectivity index (χ4n) is 2.83. The maximum atomic E-state index is 5.26. The lowest BCUT2D eigenvalue weighted by molar-refractivity contribution is 0.415. The maximum absolute atomic E-state index is 5.26. The molecule has 6 heteroatoms. The van der Waals surface area contributed by atoms with Crippen LogP contribution in [-0.4, -0.2) is 21.5 Å². The third-order valence-corrected chi connectivity index (χ3v) is 4.83. The van der Waals surface area contributed by atoms with E-state index < -0.39 is 0 Å². The molecule has 2 aromatic carbocycles. The van der Waals surface area contributed by atoms with E-state index in [0.29, 0.717) is 0 Å². The number of anilines is 2. The molecule has 0 unspecified atom stereocenters. The number of methoxy groups -OCH3 is 1. The molecule has 4 rings (SSSR count). The van der Waals surface area contributed by atoms with Crippen molar-refractivity contribution in [1.82, 2.24) is 14.4 Å². The molecule has 2 heterocycles. The van der Waals surface area contributed by atoms with Crippen molar-refractivity contribution in [3.8, 4) is 17.0 Å². The van der Waals surface area contributed by atoms with Crippen molar-refractivity contribution in [3.63, 3.8) is 0 Å². The van der Waals surface area contributed by atoms with Crippen LogP contribution in [0.4, 0.5) is 11.5 Å². The lowest BCUT2D eigenvalue weighted by atomic mass is 10.1. The van der Waals surface area contributed by atoms with E-state index in [9.17, 15) is 0 Å². The van der Waals surface area contributed by atoms with Gasteiger partial charge in [0.05, 0.1) is 19.0 Å². The van der Waals surface area contributed by atoms with Crippen molar-refractivity contribution >= 4 is 33.1 Å². The number of ether oxygens (including phenoxy) is 1. The van der Waals surface area contributed by atoms with Crippen molar-refractivity contribution in [2.75, 3.05) is 12.4 Å². The van der Waals surface area contributed by atoms with Crippen molar-refractivity contribution in [3.05, 3.63) is 71.1 Å². The third-order valence-electron chi connectivity index (χ3n) is 4.17. The first kappa shape index (κ1) is 16.6. The van der Waals surface area contributed by atoms with Crippen LogP contribution in [0.15, 0.2) is 65.5 Å². The Morgan fingerprint density at radius 2 is 1.92 bits per heavy atom. The Kier molecular flexibility index (Phi) is 4.34. The summed E-state index contributed by atoms with van der Waals surface area (Å²) in [6, 6.07) is 14.1. The van der Waals surface area contributed by atoms with Gasteiger partial charge in [-0.25, -0.2) is 4.98 Å². The molecule has 0 aliphatic heterocycles. The predicted octanol–water partition coefficient (Wildman–Crippen LogP) is 5.22. The summed E-state index contributed by atoms with van der Waals surface area (Å²) in [5.41, 5.74) is 4.81. The molecule has 26 heavy (non-hydrogen) atoms.